The lowest BCUT2D eigenvalue weighted by molar-refractivity contribution is -0.119. The number of amides is 1. The van der Waals surface area contributed by atoms with Crippen molar-refractivity contribution in [3.8, 4) is 0 Å². The highest BCUT2D eigenvalue weighted by molar-refractivity contribution is 5.78. The molecule has 0 saturated carbocycles. The molecule has 0 aliphatic rings. The third kappa shape index (κ3) is 2.42. The average molecular weight is 148 g/mol. The van der Waals surface area contributed by atoms with Gasteiger partial charge in [0.2, 0.25) is 5.91 Å². The summed E-state index contributed by atoms with van der Waals surface area (Å²) in [6.45, 7) is 0. The van der Waals surface area contributed by atoms with Gasteiger partial charge in [0, 0.05) is 7.05 Å². The molecule has 0 aliphatic carbocycles. The van der Waals surface area contributed by atoms with Crippen LogP contribution >= 0.6 is 0 Å². The van der Waals surface area contributed by atoms with Gasteiger partial charge in [0.15, 0.2) is 0 Å². The van der Waals surface area contributed by atoms with Crippen LogP contribution in [0.3, 0.4) is 0 Å². The van der Waals surface area contributed by atoms with E-state index in [9.17, 15) is 4.79 Å². The van der Waals surface area contributed by atoms with Crippen LogP contribution in [0.25, 0.3) is 0 Å². The number of carbonyl (C=O) groups is 1. The zero-order chi connectivity index (χ0) is 8.10. The van der Waals surface area contributed by atoms with Crippen LogP contribution in [-0.4, -0.2) is 13.0 Å². The first-order valence-corrected chi connectivity index (χ1v) is 3.49. The second-order valence-corrected chi connectivity index (χ2v) is 2.24. The van der Waals surface area contributed by atoms with Gasteiger partial charge in [-0.15, -0.1) is 0 Å². The van der Waals surface area contributed by atoms with Crippen LogP contribution in [0.5, 0.6) is 0 Å². The Balaban J connectivity index is 2.58. The van der Waals surface area contributed by atoms with Gasteiger partial charge in [0.25, 0.3) is 0 Å². The first-order valence-electron chi connectivity index (χ1n) is 3.49. The molecule has 0 aliphatic heterocycles. The monoisotopic (exact) mass is 148 g/mol. The molecule has 1 radical (unpaired) electrons. The lowest BCUT2D eigenvalue weighted by Gasteiger charge is -1.97. The van der Waals surface area contributed by atoms with Crippen molar-refractivity contribution in [1.29, 1.82) is 0 Å². The molecule has 0 bridgehead atoms. The van der Waals surface area contributed by atoms with Crippen molar-refractivity contribution >= 4 is 5.91 Å². The van der Waals surface area contributed by atoms with Gasteiger partial charge >= 0.3 is 0 Å². The number of likely N-dealkylation sites (N-methyl/N-ethyl adjacent to an activating group) is 1. The summed E-state index contributed by atoms with van der Waals surface area (Å²) in [7, 11) is 1.63. The largest absolute Gasteiger partial charge is 0.359 e. The predicted molar refractivity (Wildman–Crippen MR) is 43.0 cm³/mol. The van der Waals surface area contributed by atoms with Gasteiger partial charge in [-0.05, 0) is 11.6 Å². The van der Waals surface area contributed by atoms with Crippen molar-refractivity contribution in [3.05, 3.63) is 35.9 Å². The van der Waals surface area contributed by atoms with Crippen molar-refractivity contribution in [2.75, 3.05) is 7.05 Å². The molecule has 0 saturated heterocycles. The summed E-state index contributed by atoms with van der Waals surface area (Å²) in [6.07, 6.45) is 0.414. The highest BCUT2D eigenvalue weighted by atomic mass is 16.1. The standard InChI is InChI=1S/C9H10NO/c1-10-9(11)7-8-5-3-2-4-6-8/h2-5H,7H2,1H3,(H,10,11). The molecular weight excluding hydrogens is 138 g/mol. The molecule has 1 aromatic rings. The third-order valence-corrected chi connectivity index (χ3v) is 1.40. The van der Waals surface area contributed by atoms with E-state index in [4.69, 9.17) is 0 Å². The Morgan fingerprint density at radius 2 is 2.45 bits per heavy atom. The first kappa shape index (κ1) is 7.79. The van der Waals surface area contributed by atoms with Gasteiger partial charge in [-0.3, -0.25) is 4.79 Å². The minimum absolute atomic E-state index is 0.0208. The fourth-order valence-electron chi connectivity index (χ4n) is 0.802. The minimum atomic E-state index is 0.0208. The van der Waals surface area contributed by atoms with E-state index in [2.05, 4.69) is 11.4 Å². The Kier molecular flexibility index (Phi) is 2.66. The quantitative estimate of drug-likeness (QED) is 0.659. The summed E-state index contributed by atoms with van der Waals surface area (Å²) in [6, 6.07) is 10.4. The number of benzene rings is 1. The Hall–Kier alpha value is -1.31. The zero-order valence-electron chi connectivity index (χ0n) is 6.42. The zero-order valence-corrected chi connectivity index (χ0v) is 6.42. The molecule has 1 amide bonds. The molecule has 0 unspecified atom stereocenters. The highest BCUT2D eigenvalue weighted by Crippen LogP contribution is 1.97. The number of rotatable bonds is 2. The Bertz CT molecular complexity index is 231. The predicted octanol–water partition coefficient (Wildman–Crippen LogP) is 0.775. The summed E-state index contributed by atoms with van der Waals surface area (Å²) in [5.74, 6) is 0.0208. The van der Waals surface area contributed by atoms with Gasteiger partial charge in [-0.1, -0.05) is 24.3 Å². The van der Waals surface area contributed by atoms with Crippen LogP contribution in [0.15, 0.2) is 24.3 Å². The fourth-order valence-corrected chi connectivity index (χ4v) is 0.802. The van der Waals surface area contributed by atoms with Gasteiger partial charge in [0.05, 0.1) is 6.42 Å². The lowest BCUT2D eigenvalue weighted by Crippen LogP contribution is -2.19. The summed E-state index contributed by atoms with van der Waals surface area (Å²) < 4.78 is 0. The maximum atomic E-state index is 10.9. The molecule has 0 spiro atoms. The summed E-state index contributed by atoms with van der Waals surface area (Å²) in [4.78, 5) is 10.9. The van der Waals surface area contributed by atoms with Crippen LogP contribution < -0.4 is 5.32 Å². The minimum Gasteiger partial charge on any atom is -0.359 e. The number of hydrogen-bond acceptors (Lipinski definition) is 1. The first-order chi connectivity index (χ1) is 5.33. The van der Waals surface area contributed by atoms with Crippen LogP contribution in [0.2, 0.25) is 0 Å². The van der Waals surface area contributed by atoms with E-state index < -0.39 is 0 Å². The molecule has 1 aromatic carbocycles. The lowest BCUT2D eigenvalue weighted by atomic mass is 10.1. The van der Waals surface area contributed by atoms with E-state index in [0.717, 1.165) is 5.56 Å². The molecule has 0 heterocycles. The number of carbonyl (C=O) groups excluding carboxylic acids is 1. The SMILES string of the molecule is CNC(=O)Cc1[c]cccc1. The molecule has 57 valence electrons. The van der Waals surface area contributed by atoms with E-state index in [1.807, 2.05) is 18.2 Å². The fraction of sp³-hybridized carbons (Fsp3) is 0.222. The van der Waals surface area contributed by atoms with Gasteiger partial charge in [0.1, 0.15) is 0 Å². The molecule has 11 heavy (non-hydrogen) atoms. The number of nitrogens with one attached hydrogen (secondary N) is 1. The normalized spacial score (nSPS) is 9.18. The van der Waals surface area contributed by atoms with Crippen molar-refractivity contribution < 1.29 is 4.79 Å². The van der Waals surface area contributed by atoms with E-state index in [1.165, 1.54) is 0 Å². The molecule has 0 atom stereocenters. The van der Waals surface area contributed by atoms with E-state index in [0.29, 0.717) is 6.42 Å². The van der Waals surface area contributed by atoms with E-state index in [-0.39, 0.29) is 5.91 Å². The van der Waals surface area contributed by atoms with Gasteiger partial charge < -0.3 is 5.32 Å². The average Bonchev–Trinajstić information content (AvgIpc) is 2.06. The molecule has 2 nitrogen and oxygen atoms in total. The summed E-state index contributed by atoms with van der Waals surface area (Å²) >= 11 is 0. The molecule has 0 fully saturated rings. The van der Waals surface area contributed by atoms with Crippen LogP contribution in [0.4, 0.5) is 0 Å². The molecule has 2 heteroatoms. The maximum Gasteiger partial charge on any atom is 0.224 e. The Morgan fingerprint density at radius 1 is 1.64 bits per heavy atom. The van der Waals surface area contributed by atoms with Crippen molar-refractivity contribution in [3.63, 3.8) is 0 Å². The van der Waals surface area contributed by atoms with Crippen LogP contribution in [0.1, 0.15) is 5.56 Å². The van der Waals surface area contributed by atoms with E-state index >= 15 is 0 Å². The summed E-state index contributed by atoms with van der Waals surface area (Å²) in [5, 5.41) is 2.55. The molecular formula is C9H10NO. The molecule has 1 rings (SSSR count). The summed E-state index contributed by atoms with van der Waals surface area (Å²) in [5.41, 5.74) is 0.923. The van der Waals surface area contributed by atoms with Crippen molar-refractivity contribution in [1.82, 2.24) is 5.32 Å². The highest BCUT2D eigenvalue weighted by Gasteiger charge is 1.98. The smallest absolute Gasteiger partial charge is 0.224 e. The second-order valence-electron chi connectivity index (χ2n) is 2.24. The second kappa shape index (κ2) is 3.76. The topological polar surface area (TPSA) is 29.1 Å². The third-order valence-electron chi connectivity index (χ3n) is 1.40. The van der Waals surface area contributed by atoms with Gasteiger partial charge in [-0.2, -0.15) is 0 Å². The number of hydrogen-bond donors (Lipinski definition) is 1. The van der Waals surface area contributed by atoms with Crippen molar-refractivity contribution in [2.24, 2.45) is 0 Å². The molecule has 0 aromatic heterocycles. The maximum absolute atomic E-state index is 10.9. The van der Waals surface area contributed by atoms with Crippen molar-refractivity contribution in [2.45, 2.75) is 6.42 Å². The molecule has 1 N–H and O–H groups in total. The Morgan fingerprint density at radius 3 is 3.00 bits per heavy atom. The van der Waals surface area contributed by atoms with Crippen LogP contribution in [0, 0.1) is 6.07 Å². The van der Waals surface area contributed by atoms with Crippen LogP contribution in [-0.2, 0) is 11.2 Å². The van der Waals surface area contributed by atoms with Gasteiger partial charge in [-0.25, -0.2) is 0 Å². The van der Waals surface area contributed by atoms with E-state index in [1.54, 1.807) is 13.1 Å². The Labute approximate surface area is 66.2 Å².